The smallest absolute Gasteiger partial charge is 0.191 e. The average molecular weight is 413 g/mol. The van der Waals surface area contributed by atoms with Crippen LogP contribution in [-0.4, -0.2) is 51.8 Å². The fourth-order valence-electron chi connectivity index (χ4n) is 3.20. The Hall–Kier alpha value is -2.73. The van der Waals surface area contributed by atoms with Gasteiger partial charge >= 0.3 is 0 Å². The van der Waals surface area contributed by atoms with Gasteiger partial charge in [-0.2, -0.15) is 0 Å². The molecule has 0 saturated carbocycles. The summed E-state index contributed by atoms with van der Waals surface area (Å²) < 4.78 is 11.4. The first kappa shape index (κ1) is 23.5. The standard InChI is InChI=1S/C24H36N4O2/c1-6-29-22-13-12-19(16-23(22)30-7-2)14-15-26-24(25-3)27-17-20-10-8-9-11-21(20)18-28(4)5/h8-13,16H,6-7,14-15,17-18H2,1-5H3,(H2,25,26,27). The molecule has 0 heterocycles. The molecule has 0 unspecified atom stereocenters. The molecule has 0 atom stereocenters. The highest BCUT2D eigenvalue weighted by atomic mass is 16.5. The minimum atomic E-state index is 0.619. The lowest BCUT2D eigenvalue weighted by atomic mass is 10.1. The minimum absolute atomic E-state index is 0.619. The molecule has 0 saturated heterocycles. The van der Waals surface area contributed by atoms with Crippen LogP contribution in [0.15, 0.2) is 47.5 Å². The van der Waals surface area contributed by atoms with Crippen molar-refractivity contribution in [2.45, 2.75) is 33.4 Å². The second-order valence-corrected chi connectivity index (χ2v) is 7.26. The zero-order chi connectivity index (χ0) is 21.8. The molecule has 0 fully saturated rings. The van der Waals surface area contributed by atoms with Gasteiger partial charge in [0.25, 0.3) is 0 Å². The first-order chi connectivity index (χ1) is 14.6. The van der Waals surface area contributed by atoms with Gasteiger partial charge in [-0.05, 0) is 63.2 Å². The molecule has 0 aliphatic rings. The van der Waals surface area contributed by atoms with E-state index in [0.29, 0.717) is 13.2 Å². The molecule has 2 aromatic carbocycles. The van der Waals surface area contributed by atoms with Crippen LogP contribution in [0.5, 0.6) is 11.5 Å². The Morgan fingerprint density at radius 2 is 1.63 bits per heavy atom. The summed E-state index contributed by atoms with van der Waals surface area (Å²) in [5, 5.41) is 6.81. The quantitative estimate of drug-likeness (QED) is 0.437. The van der Waals surface area contributed by atoms with E-state index in [4.69, 9.17) is 9.47 Å². The first-order valence-electron chi connectivity index (χ1n) is 10.6. The highest BCUT2D eigenvalue weighted by Gasteiger charge is 2.07. The third kappa shape index (κ3) is 7.59. The van der Waals surface area contributed by atoms with Gasteiger partial charge in [0.15, 0.2) is 17.5 Å². The molecule has 164 valence electrons. The van der Waals surface area contributed by atoms with Crippen LogP contribution in [0.4, 0.5) is 0 Å². The fraction of sp³-hybridized carbons (Fsp3) is 0.458. The van der Waals surface area contributed by atoms with Crippen molar-refractivity contribution in [3.63, 3.8) is 0 Å². The van der Waals surface area contributed by atoms with E-state index in [2.05, 4.69) is 71.0 Å². The molecule has 6 nitrogen and oxygen atoms in total. The van der Waals surface area contributed by atoms with Crippen LogP contribution in [0.3, 0.4) is 0 Å². The van der Waals surface area contributed by atoms with Crippen molar-refractivity contribution in [2.24, 2.45) is 4.99 Å². The molecule has 0 amide bonds. The van der Waals surface area contributed by atoms with Crippen LogP contribution in [0.1, 0.15) is 30.5 Å². The number of guanidine groups is 1. The summed E-state index contributed by atoms with van der Waals surface area (Å²) in [7, 11) is 5.97. The maximum Gasteiger partial charge on any atom is 0.191 e. The van der Waals surface area contributed by atoms with E-state index in [-0.39, 0.29) is 0 Å². The highest BCUT2D eigenvalue weighted by Crippen LogP contribution is 2.28. The molecule has 0 aliphatic carbocycles. The number of ether oxygens (including phenoxy) is 2. The number of rotatable bonds is 11. The second kappa shape index (κ2) is 12.8. The Morgan fingerprint density at radius 3 is 2.30 bits per heavy atom. The molecule has 0 radical (unpaired) electrons. The van der Waals surface area contributed by atoms with Crippen LogP contribution in [0.2, 0.25) is 0 Å². The van der Waals surface area contributed by atoms with Gasteiger partial charge in [0.1, 0.15) is 0 Å². The van der Waals surface area contributed by atoms with E-state index in [9.17, 15) is 0 Å². The molecule has 0 spiro atoms. The van der Waals surface area contributed by atoms with Gasteiger partial charge < -0.3 is 25.0 Å². The van der Waals surface area contributed by atoms with Crippen molar-refractivity contribution in [2.75, 3.05) is 40.9 Å². The van der Waals surface area contributed by atoms with E-state index < -0.39 is 0 Å². The van der Waals surface area contributed by atoms with Crippen molar-refractivity contribution in [3.05, 3.63) is 59.2 Å². The Kier molecular flexibility index (Phi) is 10.0. The summed E-state index contributed by atoms with van der Waals surface area (Å²) >= 11 is 0. The van der Waals surface area contributed by atoms with E-state index in [1.165, 1.54) is 16.7 Å². The summed E-state index contributed by atoms with van der Waals surface area (Å²) in [6.07, 6.45) is 0.865. The number of hydrogen-bond donors (Lipinski definition) is 2. The summed E-state index contributed by atoms with van der Waals surface area (Å²) in [5.74, 6) is 2.40. The van der Waals surface area contributed by atoms with Gasteiger partial charge in [-0.1, -0.05) is 30.3 Å². The molecule has 6 heteroatoms. The zero-order valence-corrected chi connectivity index (χ0v) is 19.0. The molecule has 2 N–H and O–H groups in total. The van der Waals surface area contributed by atoms with Crippen molar-refractivity contribution in [3.8, 4) is 11.5 Å². The third-order valence-corrected chi connectivity index (χ3v) is 4.59. The van der Waals surface area contributed by atoms with Gasteiger partial charge in [-0.25, -0.2) is 0 Å². The van der Waals surface area contributed by atoms with Crippen molar-refractivity contribution in [1.29, 1.82) is 0 Å². The van der Waals surface area contributed by atoms with Crippen LogP contribution < -0.4 is 20.1 Å². The fourth-order valence-corrected chi connectivity index (χ4v) is 3.20. The zero-order valence-electron chi connectivity index (χ0n) is 19.0. The van der Waals surface area contributed by atoms with E-state index in [1.54, 1.807) is 7.05 Å². The maximum atomic E-state index is 5.72. The Bertz CT molecular complexity index is 806. The Balaban J connectivity index is 1.89. The summed E-state index contributed by atoms with van der Waals surface area (Å²) in [6, 6.07) is 14.6. The molecular formula is C24H36N4O2. The minimum Gasteiger partial charge on any atom is -0.490 e. The molecule has 2 aromatic rings. The second-order valence-electron chi connectivity index (χ2n) is 7.26. The van der Waals surface area contributed by atoms with Crippen molar-refractivity contribution < 1.29 is 9.47 Å². The highest BCUT2D eigenvalue weighted by molar-refractivity contribution is 5.79. The predicted molar refractivity (Wildman–Crippen MR) is 125 cm³/mol. The number of nitrogens with one attached hydrogen (secondary N) is 2. The molecule has 0 aromatic heterocycles. The topological polar surface area (TPSA) is 58.1 Å². The monoisotopic (exact) mass is 412 g/mol. The van der Waals surface area contributed by atoms with Gasteiger partial charge in [-0.3, -0.25) is 4.99 Å². The number of aliphatic imine (C=N–C) groups is 1. The summed E-state index contributed by atoms with van der Waals surface area (Å²) in [5.41, 5.74) is 3.80. The van der Waals surface area contributed by atoms with Crippen LogP contribution in [0.25, 0.3) is 0 Å². The van der Waals surface area contributed by atoms with Crippen LogP contribution >= 0.6 is 0 Å². The third-order valence-electron chi connectivity index (χ3n) is 4.59. The van der Waals surface area contributed by atoms with Gasteiger partial charge in [0, 0.05) is 26.7 Å². The largest absolute Gasteiger partial charge is 0.490 e. The Morgan fingerprint density at radius 1 is 0.933 bits per heavy atom. The maximum absolute atomic E-state index is 5.72. The van der Waals surface area contributed by atoms with Gasteiger partial charge in [0.2, 0.25) is 0 Å². The van der Waals surface area contributed by atoms with Crippen molar-refractivity contribution in [1.82, 2.24) is 15.5 Å². The average Bonchev–Trinajstić information content (AvgIpc) is 2.73. The summed E-state index contributed by atoms with van der Waals surface area (Å²) in [6.45, 7) is 7.64. The van der Waals surface area contributed by atoms with Crippen LogP contribution in [-0.2, 0) is 19.5 Å². The summed E-state index contributed by atoms with van der Waals surface area (Å²) in [4.78, 5) is 6.53. The number of benzene rings is 2. The molecular weight excluding hydrogens is 376 g/mol. The van der Waals surface area contributed by atoms with E-state index in [1.807, 2.05) is 19.9 Å². The lowest BCUT2D eigenvalue weighted by Gasteiger charge is -2.17. The lowest BCUT2D eigenvalue weighted by molar-refractivity contribution is 0.287. The lowest BCUT2D eigenvalue weighted by Crippen LogP contribution is -2.38. The Labute approximate surface area is 181 Å². The molecule has 0 bridgehead atoms. The molecule has 30 heavy (non-hydrogen) atoms. The van der Waals surface area contributed by atoms with E-state index >= 15 is 0 Å². The van der Waals surface area contributed by atoms with E-state index in [0.717, 1.165) is 43.5 Å². The SMILES string of the molecule is CCOc1ccc(CCNC(=NC)NCc2ccccc2CN(C)C)cc1OCC. The number of nitrogens with zero attached hydrogens (tertiary/aromatic N) is 2. The molecule has 0 aliphatic heterocycles. The van der Waals surface area contributed by atoms with Crippen molar-refractivity contribution >= 4 is 5.96 Å². The van der Waals surface area contributed by atoms with Gasteiger partial charge in [0.05, 0.1) is 13.2 Å². The van der Waals surface area contributed by atoms with Crippen LogP contribution in [0, 0.1) is 0 Å². The number of hydrogen-bond acceptors (Lipinski definition) is 4. The molecule has 2 rings (SSSR count). The first-order valence-corrected chi connectivity index (χ1v) is 10.6. The van der Waals surface area contributed by atoms with Gasteiger partial charge in [-0.15, -0.1) is 0 Å². The predicted octanol–water partition coefficient (Wildman–Crippen LogP) is 3.45. The normalized spacial score (nSPS) is 11.5.